The maximum atomic E-state index is 15.1. The number of allylic oxidation sites excluding steroid dienone is 2. The number of hydrogen-bond acceptors (Lipinski definition) is 6. The van der Waals surface area contributed by atoms with Gasteiger partial charge in [-0.15, -0.1) is 0 Å². The van der Waals surface area contributed by atoms with Crippen LogP contribution in [0.15, 0.2) is 90.8 Å². The Kier molecular flexibility index (Phi) is 8.26. The van der Waals surface area contributed by atoms with Crippen LogP contribution in [0.3, 0.4) is 0 Å². The Morgan fingerprint density at radius 2 is 1.93 bits per heavy atom. The Morgan fingerprint density at radius 3 is 2.66 bits per heavy atom. The third-order valence-corrected chi connectivity index (χ3v) is 6.80. The van der Waals surface area contributed by atoms with Crippen molar-refractivity contribution in [2.75, 3.05) is 19.0 Å². The minimum atomic E-state index is -1.41. The first kappa shape index (κ1) is 27.8. The van der Waals surface area contributed by atoms with Crippen LogP contribution in [0.25, 0.3) is 10.9 Å². The summed E-state index contributed by atoms with van der Waals surface area (Å²) >= 11 is 0. The highest BCUT2D eigenvalue weighted by atomic mass is 19.1. The van der Waals surface area contributed by atoms with E-state index >= 15 is 4.39 Å². The molecule has 8 nitrogen and oxygen atoms in total. The second-order valence-corrected chi connectivity index (χ2v) is 9.55. The van der Waals surface area contributed by atoms with Crippen molar-refractivity contribution in [2.45, 2.75) is 32.5 Å². The zero-order valence-corrected chi connectivity index (χ0v) is 23.0. The summed E-state index contributed by atoms with van der Waals surface area (Å²) in [6.45, 7) is 4.09. The molecule has 0 radical (unpaired) electrons. The molecule has 2 heterocycles. The summed E-state index contributed by atoms with van der Waals surface area (Å²) < 4.78 is 32.2. The molecule has 0 spiro atoms. The molecule has 1 N–H and O–H groups in total. The van der Waals surface area contributed by atoms with E-state index in [9.17, 15) is 9.59 Å². The third-order valence-electron chi connectivity index (χ3n) is 6.80. The van der Waals surface area contributed by atoms with E-state index < -0.39 is 29.8 Å². The maximum Gasteiger partial charge on any atom is 0.265 e. The van der Waals surface area contributed by atoms with Gasteiger partial charge in [-0.05, 0) is 49.2 Å². The summed E-state index contributed by atoms with van der Waals surface area (Å²) in [6, 6.07) is 20.4. The molecule has 0 aliphatic carbocycles. The number of pyridine rings is 1. The minimum absolute atomic E-state index is 0.0352. The molecule has 1 fully saturated rings. The van der Waals surface area contributed by atoms with Crippen molar-refractivity contribution in [3.63, 3.8) is 0 Å². The topological polar surface area (TPSA) is 90.0 Å². The van der Waals surface area contributed by atoms with Crippen LogP contribution < -0.4 is 14.8 Å². The number of rotatable bonds is 8. The average Bonchev–Trinajstić information content (AvgIpc) is 2.99. The van der Waals surface area contributed by atoms with Crippen molar-refractivity contribution < 1.29 is 28.2 Å². The molecule has 2 amide bonds. The highest BCUT2D eigenvalue weighted by Gasteiger charge is 2.41. The molecule has 2 atom stereocenters. The lowest BCUT2D eigenvalue weighted by molar-refractivity contribution is -0.164. The SMILES string of the molecule is CC/C=C(\C)N1CC(c2ccccc2)OC(C(=O)Nc2ccc(Oc3ccnc4cc(OC)ccc34)c(F)c2)C1=O. The molecule has 0 bridgehead atoms. The Labute approximate surface area is 237 Å². The van der Waals surface area contributed by atoms with Crippen LogP contribution in [0.5, 0.6) is 17.2 Å². The number of carbonyl (C=O) groups is 2. The summed E-state index contributed by atoms with van der Waals surface area (Å²) in [7, 11) is 1.57. The number of aromatic nitrogens is 1. The number of methoxy groups -OCH3 is 1. The van der Waals surface area contributed by atoms with Crippen molar-refractivity contribution in [3.8, 4) is 17.2 Å². The predicted octanol–water partition coefficient (Wildman–Crippen LogP) is 6.40. The number of morpholine rings is 1. The molecule has 9 heteroatoms. The largest absolute Gasteiger partial charge is 0.497 e. The van der Waals surface area contributed by atoms with Crippen LogP contribution in [0, 0.1) is 5.82 Å². The fourth-order valence-electron chi connectivity index (χ4n) is 4.72. The van der Waals surface area contributed by atoms with Crippen molar-refractivity contribution in [2.24, 2.45) is 0 Å². The zero-order valence-electron chi connectivity index (χ0n) is 23.0. The Balaban J connectivity index is 1.35. The van der Waals surface area contributed by atoms with E-state index in [0.717, 1.165) is 23.7 Å². The van der Waals surface area contributed by atoms with Gasteiger partial charge in [0.05, 0.1) is 19.2 Å². The molecule has 1 saturated heterocycles. The van der Waals surface area contributed by atoms with Gasteiger partial charge in [0.1, 0.15) is 17.6 Å². The molecule has 1 aliphatic rings. The van der Waals surface area contributed by atoms with Crippen LogP contribution in [-0.4, -0.2) is 41.5 Å². The van der Waals surface area contributed by atoms with Gasteiger partial charge in [-0.3, -0.25) is 14.6 Å². The van der Waals surface area contributed by atoms with Crippen LogP contribution in [0.1, 0.15) is 31.9 Å². The maximum absolute atomic E-state index is 15.1. The highest BCUT2D eigenvalue weighted by molar-refractivity contribution is 6.09. The number of halogens is 1. The van der Waals surface area contributed by atoms with E-state index in [1.165, 1.54) is 12.1 Å². The first-order valence-corrected chi connectivity index (χ1v) is 13.3. The van der Waals surface area contributed by atoms with Crippen molar-refractivity contribution in [1.82, 2.24) is 9.88 Å². The van der Waals surface area contributed by atoms with Crippen molar-refractivity contribution in [3.05, 3.63) is 102 Å². The molecule has 3 aromatic carbocycles. The molecule has 1 aliphatic heterocycles. The van der Waals surface area contributed by atoms with E-state index in [1.54, 1.807) is 42.5 Å². The molecule has 41 heavy (non-hydrogen) atoms. The Hall–Kier alpha value is -4.76. The number of carbonyl (C=O) groups excluding carboxylic acids is 2. The smallest absolute Gasteiger partial charge is 0.265 e. The summed E-state index contributed by atoms with van der Waals surface area (Å²) in [5, 5.41) is 3.31. The van der Waals surface area contributed by atoms with E-state index in [0.29, 0.717) is 22.4 Å². The number of ether oxygens (including phenoxy) is 3. The molecule has 210 valence electrons. The summed E-state index contributed by atoms with van der Waals surface area (Å²) in [5.41, 5.74) is 2.39. The number of amides is 2. The highest BCUT2D eigenvalue weighted by Crippen LogP contribution is 2.33. The van der Waals surface area contributed by atoms with Crippen LogP contribution in [0.4, 0.5) is 10.1 Å². The molecule has 2 unspecified atom stereocenters. The summed E-state index contributed by atoms with van der Waals surface area (Å²) in [5.74, 6) is -0.832. The number of nitrogens with one attached hydrogen (secondary N) is 1. The van der Waals surface area contributed by atoms with Gasteiger partial charge in [0, 0.05) is 35.1 Å². The zero-order chi connectivity index (χ0) is 28.9. The van der Waals surface area contributed by atoms with E-state index in [-0.39, 0.29) is 18.0 Å². The van der Waals surface area contributed by atoms with Crippen molar-refractivity contribution in [1.29, 1.82) is 0 Å². The quantitative estimate of drug-likeness (QED) is 0.253. The number of benzene rings is 3. The van der Waals surface area contributed by atoms with Crippen molar-refractivity contribution >= 4 is 28.4 Å². The minimum Gasteiger partial charge on any atom is -0.497 e. The summed E-state index contributed by atoms with van der Waals surface area (Å²) in [6.07, 6.45) is 2.31. The standard InChI is InChI=1S/C32H30FN3O5/c1-4-8-20(2)36-19-29(21-9-6-5-7-10-21)41-30(32(36)38)31(37)35-22-11-14-28(25(33)17-22)40-27-15-16-34-26-18-23(39-3)12-13-24(26)27/h5-18,29-30H,4,19H2,1-3H3,(H,35,37)/b20-8+. The van der Waals surface area contributed by atoms with Crippen LogP contribution in [-0.2, 0) is 14.3 Å². The van der Waals surface area contributed by atoms with Gasteiger partial charge in [0.15, 0.2) is 11.6 Å². The van der Waals surface area contributed by atoms with Gasteiger partial charge in [-0.2, -0.15) is 0 Å². The molecule has 4 aromatic rings. The Bertz CT molecular complexity index is 1610. The molecule has 5 rings (SSSR count). The lowest BCUT2D eigenvalue weighted by Crippen LogP contribution is -2.52. The number of nitrogens with zero attached hydrogens (tertiary/aromatic N) is 2. The lowest BCUT2D eigenvalue weighted by Gasteiger charge is -2.37. The molecule has 0 saturated carbocycles. The molecule has 1 aromatic heterocycles. The fraction of sp³-hybridized carbons (Fsp3) is 0.219. The van der Waals surface area contributed by atoms with Gasteiger partial charge >= 0.3 is 0 Å². The second kappa shape index (κ2) is 12.2. The Morgan fingerprint density at radius 1 is 1.12 bits per heavy atom. The fourth-order valence-corrected chi connectivity index (χ4v) is 4.72. The molecular weight excluding hydrogens is 525 g/mol. The van der Waals surface area contributed by atoms with Gasteiger partial charge in [0.2, 0.25) is 6.10 Å². The van der Waals surface area contributed by atoms with Gasteiger partial charge in [0.25, 0.3) is 11.8 Å². The first-order chi connectivity index (χ1) is 19.9. The molecular formula is C32H30FN3O5. The second-order valence-electron chi connectivity index (χ2n) is 9.55. The lowest BCUT2D eigenvalue weighted by atomic mass is 10.0. The van der Waals surface area contributed by atoms with Gasteiger partial charge in [-0.1, -0.05) is 43.3 Å². The van der Waals surface area contributed by atoms with E-state index in [4.69, 9.17) is 14.2 Å². The predicted molar refractivity (Wildman–Crippen MR) is 153 cm³/mol. The summed E-state index contributed by atoms with van der Waals surface area (Å²) in [4.78, 5) is 32.5. The normalized spacial score (nSPS) is 17.4. The number of anilines is 1. The monoisotopic (exact) mass is 555 g/mol. The van der Waals surface area contributed by atoms with Gasteiger partial charge < -0.3 is 24.4 Å². The van der Waals surface area contributed by atoms with E-state index in [1.807, 2.05) is 50.3 Å². The van der Waals surface area contributed by atoms with Gasteiger partial charge in [-0.25, -0.2) is 4.39 Å². The first-order valence-electron chi connectivity index (χ1n) is 13.3. The van der Waals surface area contributed by atoms with Crippen LogP contribution >= 0.6 is 0 Å². The van der Waals surface area contributed by atoms with Crippen LogP contribution in [0.2, 0.25) is 0 Å². The van der Waals surface area contributed by atoms with E-state index in [2.05, 4.69) is 10.3 Å². The average molecular weight is 556 g/mol. The number of hydrogen-bond donors (Lipinski definition) is 1. The third kappa shape index (κ3) is 6.05. The number of fused-ring (bicyclic) bond motifs is 1.